The standard InChI is InChI=1S/C38H36N2O4/c41-36-34-16-7-8-17-35(34)37(42)40(36)27-11-2-1-4-12-29-18-22-32(23-19-29)33-24-20-30(21-25-33)13-9-10-26-39-38(43)44-28-31-14-5-3-6-15-31/h3,5-8,14-25H,1-2,9-11,13,26-28H2,(H,39,43). The average Bonchev–Trinajstić information content (AvgIpc) is 3.31. The largest absolute Gasteiger partial charge is 0.445 e. The van der Waals surface area contributed by atoms with Crippen LogP contribution >= 0.6 is 0 Å². The molecule has 1 N–H and O–H groups in total. The predicted molar refractivity (Wildman–Crippen MR) is 172 cm³/mol. The van der Waals surface area contributed by atoms with Crippen LogP contribution in [-0.4, -0.2) is 35.9 Å². The quantitative estimate of drug-likeness (QED) is 0.107. The maximum atomic E-state index is 12.5. The Balaban J connectivity index is 0.971. The molecule has 0 bridgehead atoms. The van der Waals surface area contributed by atoms with E-state index in [4.69, 9.17) is 4.74 Å². The summed E-state index contributed by atoms with van der Waals surface area (Å²) >= 11 is 0. The lowest BCUT2D eigenvalue weighted by molar-refractivity contribution is 0.0651. The third-order valence-electron chi connectivity index (χ3n) is 7.59. The first kappa shape index (κ1) is 30.3. The van der Waals surface area contributed by atoms with E-state index in [2.05, 4.69) is 53.6 Å². The van der Waals surface area contributed by atoms with Gasteiger partial charge in [0.2, 0.25) is 0 Å². The van der Waals surface area contributed by atoms with Crippen LogP contribution in [0.2, 0.25) is 0 Å². The Morgan fingerprint density at radius 1 is 0.682 bits per heavy atom. The number of hydrogen-bond acceptors (Lipinski definition) is 4. The second-order valence-corrected chi connectivity index (χ2v) is 10.8. The molecule has 0 aromatic heterocycles. The first-order chi connectivity index (χ1) is 21.6. The fourth-order valence-corrected chi connectivity index (χ4v) is 5.12. The van der Waals surface area contributed by atoms with E-state index in [1.807, 2.05) is 42.5 Å². The summed E-state index contributed by atoms with van der Waals surface area (Å²) in [5, 5.41) is 2.82. The number of ether oxygens (including phenoxy) is 1. The highest BCUT2D eigenvalue weighted by molar-refractivity contribution is 6.21. The molecule has 44 heavy (non-hydrogen) atoms. The highest BCUT2D eigenvalue weighted by Gasteiger charge is 2.34. The normalized spacial score (nSPS) is 12.0. The molecule has 3 amide bonds. The monoisotopic (exact) mass is 584 g/mol. The summed E-state index contributed by atoms with van der Waals surface area (Å²) < 4.78 is 5.24. The van der Waals surface area contributed by atoms with Crippen molar-refractivity contribution in [3.63, 3.8) is 0 Å². The fraction of sp³-hybridized carbons (Fsp3) is 0.237. The number of aryl methyl sites for hydroxylation is 1. The lowest BCUT2D eigenvalue weighted by Gasteiger charge is -2.12. The molecule has 0 spiro atoms. The molecule has 0 fully saturated rings. The van der Waals surface area contributed by atoms with E-state index in [1.54, 1.807) is 24.3 Å². The number of fused-ring (bicyclic) bond motifs is 1. The third-order valence-corrected chi connectivity index (χ3v) is 7.59. The van der Waals surface area contributed by atoms with Crippen LogP contribution in [0.25, 0.3) is 11.1 Å². The molecule has 4 aromatic rings. The number of hydrogen-bond donors (Lipinski definition) is 1. The zero-order chi connectivity index (χ0) is 30.6. The van der Waals surface area contributed by atoms with Crippen molar-refractivity contribution in [1.82, 2.24) is 10.2 Å². The fourth-order valence-electron chi connectivity index (χ4n) is 5.12. The van der Waals surface area contributed by atoms with Gasteiger partial charge in [-0.2, -0.15) is 0 Å². The summed E-state index contributed by atoms with van der Waals surface area (Å²) in [5.74, 6) is 6.03. The second-order valence-electron chi connectivity index (χ2n) is 10.8. The Kier molecular flexibility index (Phi) is 10.6. The van der Waals surface area contributed by atoms with Gasteiger partial charge >= 0.3 is 6.09 Å². The van der Waals surface area contributed by atoms with Crippen molar-refractivity contribution < 1.29 is 19.1 Å². The molecule has 0 radical (unpaired) electrons. The van der Waals surface area contributed by atoms with Crippen molar-refractivity contribution in [2.24, 2.45) is 0 Å². The number of benzene rings is 4. The Morgan fingerprint density at radius 3 is 2.00 bits per heavy atom. The molecule has 0 unspecified atom stereocenters. The van der Waals surface area contributed by atoms with Gasteiger partial charge in [0, 0.05) is 25.1 Å². The number of alkyl carbamates (subject to hydrolysis) is 1. The average molecular weight is 585 g/mol. The number of amides is 3. The molecule has 5 rings (SSSR count). The van der Waals surface area contributed by atoms with Crippen LogP contribution in [-0.2, 0) is 17.8 Å². The van der Waals surface area contributed by atoms with Crippen LogP contribution in [0.1, 0.15) is 69.5 Å². The second kappa shape index (κ2) is 15.4. The highest BCUT2D eigenvalue weighted by Crippen LogP contribution is 2.23. The summed E-state index contributed by atoms with van der Waals surface area (Å²) in [6.45, 7) is 1.29. The molecule has 1 aliphatic heterocycles. The minimum Gasteiger partial charge on any atom is -0.445 e. The summed E-state index contributed by atoms with van der Waals surface area (Å²) in [4.78, 5) is 38.1. The maximum absolute atomic E-state index is 12.5. The smallest absolute Gasteiger partial charge is 0.407 e. The van der Waals surface area contributed by atoms with Crippen molar-refractivity contribution in [2.45, 2.75) is 45.1 Å². The van der Waals surface area contributed by atoms with Crippen molar-refractivity contribution in [3.8, 4) is 23.0 Å². The van der Waals surface area contributed by atoms with E-state index in [0.29, 0.717) is 30.6 Å². The van der Waals surface area contributed by atoms with E-state index in [9.17, 15) is 14.4 Å². The van der Waals surface area contributed by atoms with Gasteiger partial charge in [0.05, 0.1) is 11.1 Å². The van der Waals surface area contributed by atoms with Crippen molar-refractivity contribution >= 4 is 17.9 Å². The predicted octanol–water partition coefficient (Wildman–Crippen LogP) is 7.42. The van der Waals surface area contributed by atoms with Crippen molar-refractivity contribution in [3.05, 3.63) is 131 Å². The van der Waals surface area contributed by atoms with E-state index < -0.39 is 0 Å². The Bertz CT molecular complexity index is 1600. The number of imide groups is 1. The van der Waals surface area contributed by atoms with Crippen LogP contribution in [0, 0.1) is 11.8 Å². The van der Waals surface area contributed by atoms with Gasteiger partial charge in [-0.25, -0.2) is 4.79 Å². The zero-order valence-corrected chi connectivity index (χ0v) is 24.8. The number of nitrogens with zero attached hydrogens (tertiary/aromatic N) is 1. The minimum absolute atomic E-state index is 0.199. The molecule has 222 valence electrons. The van der Waals surface area contributed by atoms with Gasteiger partial charge in [-0.1, -0.05) is 90.7 Å². The minimum atomic E-state index is -0.382. The molecule has 0 aliphatic carbocycles. The maximum Gasteiger partial charge on any atom is 0.407 e. The number of nitrogens with one attached hydrogen (secondary N) is 1. The van der Waals surface area contributed by atoms with Gasteiger partial charge in [0.15, 0.2) is 0 Å². The number of unbranched alkanes of at least 4 members (excludes halogenated alkanes) is 3. The molecule has 1 aliphatic rings. The van der Waals surface area contributed by atoms with Gasteiger partial charge in [-0.3, -0.25) is 14.5 Å². The van der Waals surface area contributed by atoms with Crippen LogP contribution in [0.5, 0.6) is 0 Å². The highest BCUT2D eigenvalue weighted by atomic mass is 16.5. The van der Waals surface area contributed by atoms with Crippen LogP contribution < -0.4 is 5.32 Å². The summed E-state index contributed by atoms with van der Waals surface area (Å²) in [6, 6.07) is 33.5. The molecule has 0 atom stereocenters. The number of rotatable bonds is 12. The van der Waals surface area contributed by atoms with Gasteiger partial charge < -0.3 is 10.1 Å². The van der Waals surface area contributed by atoms with Gasteiger partial charge in [-0.05, 0) is 78.6 Å². The number of carbonyl (C=O) groups is 3. The first-order valence-electron chi connectivity index (χ1n) is 15.2. The SMILES string of the molecule is O=C(NCCCCc1ccc(-c2ccc(C#CCCCCN3C(=O)c4ccccc4C3=O)cc2)cc1)OCc1ccccc1. The molecule has 4 aromatic carbocycles. The molecule has 0 saturated carbocycles. The van der Waals surface area contributed by atoms with Gasteiger partial charge in [0.25, 0.3) is 11.8 Å². The summed E-state index contributed by atoms with van der Waals surface area (Å²) in [5.41, 5.74) is 6.49. The van der Waals surface area contributed by atoms with Crippen LogP contribution in [0.15, 0.2) is 103 Å². The summed E-state index contributed by atoms with van der Waals surface area (Å²) in [6.07, 6.45) is 4.70. The topological polar surface area (TPSA) is 75.7 Å². The first-order valence-corrected chi connectivity index (χ1v) is 15.2. The van der Waals surface area contributed by atoms with Gasteiger partial charge in [0.1, 0.15) is 6.61 Å². The van der Waals surface area contributed by atoms with E-state index in [-0.39, 0.29) is 24.5 Å². The zero-order valence-electron chi connectivity index (χ0n) is 24.8. The van der Waals surface area contributed by atoms with E-state index in [1.165, 1.54) is 10.5 Å². The molecule has 6 heteroatoms. The third kappa shape index (κ3) is 8.23. The lowest BCUT2D eigenvalue weighted by Crippen LogP contribution is -2.30. The van der Waals surface area contributed by atoms with Crippen molar-refractivity contribution in [2.75, 3.05) is 13.1 Å². The Labute approximate surface area is 259 Å². The Morgan fingerprint density at radius 2 is 1.32 bits per heavy atom. The molecule has 1 heterocycles. The van der Waals surface area contributed by atoms with Crippen molar-refractivity contribution in [1.29, 1.82) is 0 Å². The van der Waals surface area contributed by atoms with E-state index >= 15 is 0 Å². The van der Waals surface area contributed by atoms with Crippen LogP contribution in [0.3, 0.4) is 0 Å². The number of carbonyl (C=O) groups excluding carboxylic acids is 3. The molecular weight excluding hydrogens is 548 g/mol. The summed E-state index contributed by atoms with van der Waals surface area (Å²) in [7, 11) is 0. The lowest BCUT2D eigenvalue weighted by atomic mass is 10.0. The van der Waals surface area contributed by atoms with Crippen LogP contribution in [0.4, 0.5) is 4.79 Å². The van der Waals surface area contributed by atoms with Gasteiger partial charge in [-0.15, -0.1) is 0 Å². The molecule has 6 nitrogen and oxygen atoms in total. The van der Waals surface area contributed by atoms with E-state index in [0.717, 1.165) is 54.4 Å². The molecule has 0 saturated heterocycles. The Hall–Kier alpha value is -5.15. The molecular formula is C38H36N2O4.